The van der Waals surface area contributed by atoms with Gasteiger partial charge in [0, 0.05) is 5.69 Å². The van der Waals surface area contributed by atoms with Crippen molar-refractivity contribution in [2.75, 3.05) is 36.6 Å². The van der Waals surface area contributed by atoms with Crippen molar-refractivity contribution in [2.45, 2.75) is 68.7 Å². The number of phosphoric acid groups is 1. The lowest BCUT2D eigenvalue weighted by molar-refractivity contribution is -0.117. The highest BCUT2D eigenvalue weighted by atomic mass is 32.7. The Hall–Kier alpha value is -4.93. The number of hydrogen-bond acceptors (Lipinski definition) is 21. The van der Waals surface area contributed by atoms with Crippen LogP contribution in [0.1, 0.15) is 24.9 Å². The molecule has 11 atom stereocenters. The van der Waals surface area contributed by atoms with Crippen LogP contribution in [0.2, 0.25) is 0 Å². The lowest BCUT2D eigenvalue weighted by Crippen LogP contribution is -2.36. The van der Waals surface area contributed by atoms with E-state index in [0.717, 1.165) is 17.2 Å². The monoisotopic (exact) mass is 924 g/mol. The van der Waals surface area contributed by atoms with Gasteiger partial charge in [0.25, 0.3) is 5.56 Å². The second-order valence-electron chi connectivity index (χ2n) is 14.0. The number of rotatable bonds is 8. The van der Waals surface area contributed by atoms with Crippen LogP contribution in [0, 0.1) is 0 Å². The van der Waals surface area contributed by atoms with E-state index in [0.29, 0.717) is 11.3 Å². The zero-order valence-corrected chi connectivity index (χ0v) is 34.8. The first-order valence-electron chi connectivity index (χ1n) is 18.4. The summed E-state index contributed by atoms with van der Waals surface area (Å²) < 4.78 is 68.7. The Bertz CT molecular complexity index is 2650. The van der Waals surface area contributed by atoms with Crippen LogP contribution >= 0.6 is 26.9 Å². The number of aliphatic hydroxyl groups excluding tert-OH is 2. The number of nitrogens with one attached hydrogen (secondary N) is 4. The number of nitrogens with two attached hydrogens (primary N) is 1. The smallest absolute Gasteiger partial charge is 0.444 e. The van der Waals surface area contributed by atoms with E-state index in [-0.39, 0.29) is 46.6 Å². The number of hydrogen-bond donors (Lipinski definition) is 9. The van der Waals surface area contributed by atoms with Gasteiger partial charge in [-0.15, -0.1) is 0 Å². The lowest BCUT2D eigenvalue weighted by atomic mass is 10.1. The molecule has 5 aromatic rings. The molecule has 30 heteroatoms. The molecule has 3 saturated heterocycles. The van der Waals surface area contributed by atoms with Crippen molar-refractivity contribution in [3.8, 4) is 0 Å². The van der Waals surface area contributed by atoms with Crippen LogP contribution in [0.4, 0.5) is 22.2 Å². The molecule has 0 radical (unpaired) electrons. The van der Waals surface area contributed by atoms with Crippen molar-refractivity contribution in [1.82, 2.24) is 44.4 Å². The number of imidazole rings is 2. The molecule has 62 heavy (non-hydrogen) atoms. The Kier molecular flexibility index (Phi) is 12.2. The topological polar surface area (TPSA) is 363 Å². The Labute approximate surface area is 352 Å². The van der Waals surface area contributed by atoms with Crippen LogP contribution in [0.25, 0.3) is 22.3 Å². The van der Waals surface area contributed by atoms with E-state index in [1.807, 2.05) is 0 Å². The summed E-state index contributed by atoms with van der Waals surface area (Å²) in [6, 6.07) is 6.24. The van der Waals surface area contributed by atoms with Crippen molar-refractivity contribution < 1.29 is 66.1 Å². The normalized spacial score (nSPS) is 30.8. The predicted octanol–water partition coefficient (Wildman–Crippen LogP) is 0.309. The van der Waals surface area contributed by atoms with Gasteiger partial charge in [-0.2, -0.15) is 4.98 Å². The predicted molar refractivity (Wildman–Crippen MR) is 213 cm³/mol. The SMILES string of the molecule is CN[C@@H](C)C(=O)Nc1ccc(COC(=O)Nc2ncnc3c2ncn3C2OC3COP(=O)(O)OC4C(COP(=O)(S)OC2C3O)OC(n2cnc3c(=O)[nH]c(N)nc32)C4O)cc1. The third kappa shape index (κ3) is 8.96. The number of nitrogen functional groups attached to an aromatic ring is 1. The first-order valence-corrected chi connectivity index (χ1v) is 22.6. The molecule has 8 rings (SSSR count). The number of aliphatic hydroxyl groups is 2. The minimum Gasteiger partial charge on any atom is -0.444 e. The van der Waals surface area contributed by atoms with Crippen LogP contribution in [-0.2, 0) is 52.8 Å². The molecular weight excluding hydrogens is 886 g/mol. The molecule has 3 aliphatic rings. The number of phosphoric ester groups is 1. The summed E-state index contributed by atoms with van der Waals surface area (Å²) in [7, 11) is -3.47. The summed E-state index contributed by atoms with van der Waals surface area (Å²) in [5.41, 5.74) is 5.96. The number of aromatic nitrogens is 8. The zero-order chi connectivity index (χ0) is 44.1. The number of benzene rings is 1. The van der Waals surface area contributed by atoms with E-state index < -0.39 is 94.6 Å². The highest BCUT2D eigenvalue weighted by molar-refractivity contribution is 8.44. The molecular formula is C32H38N12O15P2S. The standard InChI is InChI=1S/C32H38N12O15P2S/c1-13(34-2)27(47)39-15-5-3-14(4-6-15)7-53-32(49)40-24-18-25(36-10-35-24)43(11-37-18)30-23-20(45)16(56-30)8-54-60(50,51)58-22-17(9-55-61(52,62)59-23)57-29(21(22)46)44-12-38-19-26(44)41-31(33)42-28(19)48/h3-6,10-13,16-17,20-23,29-30,34,45-46H,7-9H2,1-2H3,(H,39,47)(H,50,51)(H,52,62)(H3,33,41,42,48)(H,35,36,40,49)/t13-,16?,17?,20?,21?,22?,23?,29?,30?,61?/m0/s1. The third-order valence-corrected chi connectivity index (χ3v) is 12.5. The Balaban J connectivity index is 0.980. The van der Waals surface area contributed by atoms with Crippen molar-refractivity contribution in [3.05, 3.63) is 59.2 Å². The summed E-state index contributed by atoms with van der Waals surface area (Å²) in [5, 5.41) is 30.8. The Morgan fingerprint density at radius 3 is 2.39 bits per heavy atom. The zero-order valence-electron chi connectivity index (χ0n) is 32.1. The van der Waals surface area contributed by atoms with Gasteiger partial charge in [-0.3, -0.25) is 47.1 Å². The van der Waals surface area contributed by atoms with Gasteiger partial charge >= 0.3 is 20.7 Å². The van der Waals surface area contributed by atoms with Crippen molar-refractivity contribution in [3.63, 3.8) is 0 Å². The second-order valence-corrected chi connectivity index (χ2v) is 18.3. The number of anilines is 3. The molecule has 0 spiro atoms. The van der Waals surface area contributed by atoms with Crippen molar-refractivity contribution in [1.29, 1.82) is 0 Å². The highest BCUT2D eigenvalue weighted by Crippen LogP contribution is 2.58. The fourth-order valence-electron chi connectivity index (χ4n) is 6.72. The largest absolute Gasteiger partial charge is 0.472 e. The van der Waals surface area contributed by atoms with Crippen LogP contribution in [-0.4, -0.2) is 129 Å². The Morgan fingerprint density at radius 1 is 0.952 bits per heavy atom. The molecule has 0 aliphatic carbocycles. The van der Waals surface area contributed by atoms with Gasteiger partial charge in [-0.05, 0) is 31.7 Å². The average molecular weight is 925 g/mol. The summed E-state index contributed by atoms with van der Waals surface area (Å²) in [4.78, 5) is 71.1. The number of H-pyrrole nitrogens is 1. The molecule has 2 bridgehead atoms. The van der Waals surface area contributed by atoms with Crippen molar-refractivity contribution >= 4 is 78.7 Å². The van der Waals surface area contributed by atoms with Gasteiger partial charge in [0.15, 0.2) is 40.6 Å². The summed E-state index contributed by atoms with van der Waals surface area (Å²) in [6.07, 6.45) is -10.1. The number of carbonyl (C=O) groups excluding carboxylic acids is 2. The number of aromatic amines is 1. The van der Waals surface area contributed by atoms with Crippen LogP contribution < -0.4 is 27.2 Å². The summed E-state index contributed by atoms with van der Waals surface area (Å²) in [5.74, 6) is -0.582. The number of carbonyl (C=O) groups is 2. The van der Waals surface area contributed by atoms with Gasteiger partial charge in [0.2, 0.25) is 11.9 Å². The number of ether oxygens (including phenoxy) is 3. The number of fused-ring (bicyclic) bond motifs is 5. The summed E-state index contributed by atoms with van der Waals surface area (Å²) >= 11 is 4.10. The van der Waals surface area contributed by atoms with Gasteiger partial charge in [-0.25, -0.2) is 33.9 Å². The van der Waals surface area contributed by atoms with E-state index in [1.165, 1.54) is 10.9 Å². The first kappa shape index (κ1) is 43.7. The maximum atomic E-state index is 13.8. The van der Waals surface area contributed by atoms with Crippen molar-refractivity contribution in [2.24, 2.45) is 0 Å². The maximum Gasteiger partial charge on any atom is 0.472 e. The molecule has 3 aliphatic heterocycles. The van der Waals surface area contributed by atoms with Crippen LogP contribution in [0.3, 0.4) is 0 Å². The molecule has 27 nitrogen and oxygen atoms in total. The van der Waals surface area contributed by atoms with E-state index in [9.17, 15) is 38.6 Å². The van der Waals surface area contributed by atoms with Gasteiger partial charge < -0.3 is 45.7 Å². The number of thiol groups is 1. The molecule has 4 aromatic heterocycles. The van der Waals surface area contributed by atoms with E-state index in [2.05, 4.69) is 58.1 Å². The fraction of sp³-hybridized carbons (Fsp3) is 0.438. The summed E-state index contributed by atoms with van der Waals surface area (Å²) in [6.45, 7) is -4.52. The van der Waals surface area contributed by atoms with Gasteiger partial charge in [0.05, 0.1) is 31.9 Å². The quantitative estimate of drug-likeness (QED) is 0.0747. The molecule has 7 heterocycles. The average Bonchev–Trinajstić information content (AvgIpc) is 4.00. The van der Waals surface area contributed by atoms with Crippen LogP contribution in [0.15, 0.2) is 48.0 Å². The molecule has 10 unspecified atom stereocenters. The maximum absolute atomic E-state index is 13.8. The molecule has 0 saturated carbocycles. The second kappa shape index (κ2) is 17.3. The lowest BCUT2D eigenvalue weighted by Gasteiger charge is -2.26. The minimum atomic E-state index is -5.13. The number of amides is 2. The van der Waals surface area contributed by atoms with Crippen LogP contribution in [0.5, 0.6) is 0 Å². The van der Waals surface area contributed by atoms with Gasteiger partial charge in [-0.1, -0.05) is 24.4 Å². The number of likely N-dealkylation sites (N-methyl/N-ethyl adjacent to an activating group) is 1. The van der Waals surface area contributed by atoms with E-state index in [1.54, 1.807) is 38.2 Å². The first-order chi connectivity index (χ1) is 29.5. The fourth-order valence-corrected chi connectivity index (χ4v) is 9.14. The Morgan fingerprint density at radius 2 is 1.65 bits per heavy atom. The highest BCUT2D eigenvalue weighted by Gasteiger charge is 2.53. The molecule has 332 valence electrons. The van der Waals surface area contributed by atoms with E-state index >= 15 is 0 Å². The molecule has 1 aromatic carbocycles. The third-order valence-electron chi connectivity index (χ3n) is 9.93. The minimum absolute atomic E-state index is 0.0209. The van der Waals surface area contributed by atoms with E-state index in [4.69, 9.17) is 38.0 Å². The molecule has 9 N–H and O–H groups in total. The molecule has 2 amide bonds. The van der Waals surface area contributed by atoms with Gasteiger partial charge in [0.1, 0.15) is 49.6 Å². The molecule has 3 fully saturated rings. The number of nitrogens with zero attached hydrogens (tertiary/aromatic N) is 7.